The highest BCUT2D eigenvalue weighted by atomic mass is 35.5. The predicted octanol–water partition coefficient (Wildman–Crippen LogP) is 4.04. The van der Waals surface area contributed by atoms with Crippen molar-refractivity contribution in [1.29, 1.82) is 0 Å². The lowest BCUT2D eigenvalue weighted by Gasteiger charge is -2.40. The van der Waals surface area contributed by atoms with E-state index in [0.29, 0.717) is 16.6 Å². The standard InChI is InChI=1S/C22H25ClN2O/c1-24(22(26)18-8-4-9-19(23)12-18)20-10-5-11-25(15-20)21-13-16-6-2-3-7-17(16)14-21/h2-4,6-9,12,20-21H,5,10-11,13-15H2,1H3/t20-/m1/s1. The molecule has 4 heteroatoms. The lowest BCUT2D eigenvalue weighted by Crippen LogP contribution is -2.51. The molecule has 1 heterocycles. The van der Waals surface area contributed by atoms with Crippen molar-refractivity contribution in [2.75, 3.05) is 20.1 Å². The first kappa shape index (κ1) is 17.6. The highest BCUT2D eigenvalue weighted by Crippen LogP contribution is 2.28. The van der Waals surface area contributed by atoms with Gasteiger partial charge in [0.15, 0.2) is 0 Å². The minimum absolute atomic E-state index is 0.0639. The van der Waals surface area contributed by atoms with Crippen LogP contribution in [0, 0.1) is 0 Å². The number of likely N-dealkylation sites (N-methyl/N-ethyl adjacent to an activating group) is 1. The smallest absolute Gasteiger partial charge is 0.253 e. The third kappa shape index (κ3) is 3.51. The molecule has 2 aliphatic rings. The highest BCUT2D eigenvalue weighted by Gasteiger charge is 2.32. The summed E-state index contributed by atoms with van der Waals surface area (Å²) in [6.07, 6.45) is 4.48. The summed E-state index contributed by atoms with van der Waals surface area (Å²) >= 11 is 6.05. The number of benzene rings is 2. The number of fused-ring (bicyclic) bond motifs is 1. The summed E-state index contributed by atoms with van der Waals surface area (Å²) in [4.78, 5) is 17.4. The lowest BCUT2D eigenvalue weighted by atomic mass is 10.0. The maximum absolute atomic E-state index is 12.9. The summed E-state index contributed by atoms with van der Waals surface area (Å²) in [5, 5.41) is 0.609. The van der Waals surface area contributed by atoms with Crippen LogP contribution in [-0.2, 0) is 12.8 Å². The van der Waals surface area contributed by atoms with Gasteiger partial charge >= 0.3 is 0 Å². The third-order valence-corrected chi connectivity index (χ3v) is 6.15. The topological polar surface area (TPSA) is 23.6 Å². The van der Waals surface area contributed by atoms with Gasteiger partial charge in [0.2, 0.25) is 0 Å². The van der Waals surface area contributed by atoms with E-state index in [1.165, 1.54) is 11.1 Å². The van der Waals surface area contributed by atoms with Crippen LogP contribution in [0.25, 0.3) is 0 Å². The Balaban J connectivity index is 1.43. The second-order valence-electron chi connectivity index (χ2n) is 7.55. The summed E-state index contributed by atoms with van der Waals surface area (Å²) in [5.41, 5.74) is 3.65. The Hall–Kier alpha value is -1.84. The fraction of sp³-hybridized carbons (Fsp3) is 0.409. The summed E-state index contributed by atoms with van der Waals surface area (Å²) in [7, 11) is 1.93. The van der Waals surface area contributed by atoms with Crippen LogP contribution in [0.5, 0.6) is 0 Å². The van der Waals surface area contributed by atoms with Crippen LogP contribution in [0.2, 0.25) is 5.02 Å². The molecule has 4 rings (SSSR count). The van der Waals surface area contributed by atoms with Crippen LogP contribution in [0.15, 0.2) is 48.5 Å². The predicted molar refractivity (Wildman–Crippen MR) is 106 cm³/mol. The van der Waals surface area contributed by atoms with E-state index in [1.54, 1.807) is 12.1 Å². The van der Waals surface area contributed by atoms with Crippen LogP contribution in [-0.4, -0.2) is 47.9 Å². The van der Waals surface area contributed by atoms with Gasteiger partial charge in [-0.3, -0.25) is 9.69 Å². The van der Waals surface area contributed by atoms with Gasteiger partial charge in [-0.2, -0.15) is 0 Å². The van der Waals surface area contributed by atoms with Gasteiger partial charge in [-0.15, -0.1) is 0 Å². The fourth-order valence-corrected chi connectivity index (χ4v) is 4.61. The molecule has 0 spiro atoms. The molecule has 2 aromatic carbocycles. The molecule has 0 bridgehead atoms. The van der Waals surface area contributed by atoms with Gasteiger partial charge in [-0.25, -0.2) is 0 Å². The van der Waals surface area contributed by atoms with E-state index in [9.17, 15) is 4.79 Å². The van der Waals surface area contributed by atoms with E-state index in [0.717, 1.165) is 38.8 Å². The van der Waals surface area contributed by atoms with Crippen molar-refractivity contribution < 1.29 is 4.79 Å². The van der Waals surface area contributed by atoms with Gasteiger partial charge in [0, 0.05) is 36.3 Å². The van der Waals surface area contributed by atoms with Gasteiger partial charge in [0.05, 0.1) is 0 Å². The van der Waals surface area contributed by atoms with E-state index in [2.05, 4.69) is 29.2 Å². The highest BCUT2D eigenvalue weighted by molar-refractivity contribution is 6.30. The molecular formula is C22H25ClN2O. The quantitative estimate of drug-likeness (QED) is 0.816. The molecular weight excluding hydrogens is 344 g/mol. The fourth-order valence-electron chi connectivity index (χ4n) is 4.42. The molecule has 1 fully saturated rings. The van der Waals surface area contributed by atoms with Gasteiger partial charge in [-0.05, 0) is 61.6 Å². The molecule has 1 saturated heterocycles. The lowest BCUT2D eigenvalue weighted by molar-refractivity contribution is 0.0555. The summed E-state index contributed by atoms with van der Waals surface area (Å²) in [6, 6.07) is 16.9. The second-order valence-corrected chi connectivity index (χ2v) is 7.98. The Morgan fingerprint density at radius 3 is 2.54 bits per heavy atom. The van der Waals surface area contributed by atoms with E-state index in [4.69, 9.17) is 11.6 Å². The van der Waals surface area contributed by atoms with Crippen LogP contribution in [0.1, 0.15) is 34.3 Å². The number of amides is 1. The largest absolute Gasteiger partial charge is 0.337 e. The normalized spacial score (nSPS) is 20.8. The number of carbonyl (C=O) groups is 1. The minimum atomic E-state index is 0.0639. The maximum Gasteiger partial charge on any atom is 0.253 e. The molecule has 136 valence electrons. The molecule has 1 aliphatic carbocycles. The van der Waals surface area contributed by atoms with Gasteiger partial charge in [0.1, 0.15) is 0 Å². The number of nitrogens with zero attached hydrogens (tertiary/aromatic N) is 2. The van der Waals surface area contributed by atoms with Crippen molar-refractivity contribution in [3.8, 4) is 0 Å². The van der Waals surface area contributed by atoms with Crippen molar-refractivity contribution in [3.63, 3.8) is 0 Å². The molecule has 1 aliphatic heterocycles. The van der Waals surface area contributed by atoms with E-state index in [1.807, 2.05) is 24.1 Å². The Morgan fingerprint density at radius 2 is 1.85 bits per heavy atom. The zero-order chi connectivity index (χ0) is 18.1. The molecule has 0 aromatic heterocycles. The monoisotopic (exact) mass is 368 g/mol. The number of halogens is 1. The Labute approximate surface area is 160 Å². The Morgan fingerprint density at radius 1 is 1.12 bits per heavy atom. The molecule has 3 nitrogen and oxygen atoms in total. The van der Waals surface area contributed by atoms with Crippen LogP contribution >= 0.6 is 11.6 Å². The van der Waals surface area contributed by atoms with Crippen molar-refractivity contribution in [1.82, 2.24) is 9.80 Å². The summed E-state index contributed by atoms with van der Waals surface area (Å²) < 4.78 is 0. The van der Waals surface area contributed by atoms with E-state index >= 15 is 0 Å². The van der Waals surface area contributed by atoms with Gasteiger partial charge in [-0.1, -0.05) is 41.9 Å². The zero-order valence-corrected chi connectivity index (χ0v) is 16.0. The first-order valence-electron chi connectivity index (χ1n) is 9.45. The zero-order valence-electron chi connectivity index (χ0n) is 15.2. The molecule has 0 saturated carbocycles. The van der Waals surface area contributed by atoms with Gasteiger partial charge < -0.3 is 4.90 Å². The Bertz CT molecular complexity index is 781. The SMILES string of the molecule is CN(C(=O)c1cccc(Cl)c1)[C@@H]1CCCN(C2Cc3ccccc3C2)C1. The number of piperidine rings is 1. The first-order valence-corrected chi connectivity index (χ1v) is 9.83. The Kier molecular flexibility index (Phi) is 5.01. The number of rotatable bonds is 3. The van der Waals surface area contributed by atoms with Crippen LogP contribution < -0.4 is 0 Å². The van der Waals surface area contributed by atoms with Crippen molar-refractivity contribution >= 4 is 17.5 Å². The third-order valence-electron chi connectivity index (χ3n) is 5.91. The number of carbonyl (C=O) groups excluding carboxylic acids is 1. The molecule has 0 radical (unpaired) electrons. The maximum atomic E-state index is 12.9. The molecule has 0 unspecified atom stereocenters. The molecule has 0 N–H and O–H groups in total. The first-order chi connectivity index (χ1) is 12.6. The number of likely N-dealkylation sites (tertiary alicyclic amines) is 1. The number of hydrogen-bond donors (Lipinski definition) is 0. The van der Waals surface area contributed by atoms with E-state index in [-0.39, 0.29) is 11.9 Å². The van der Waals surface area contributed by atoms with E-state index < -0.39 is 0 Å². The van der Waals surface area contributed by atoms with Crippen molar-refractivity contribution in [3.05, 3.63) is 70.2 Å². The molecule has 1 atom stereocenters. The molecule has 2 aromatic rings. The van der Waals surface area contributed by atoms with Crippen molar-refractivity contribution in [2.24, 2.45) is 0 Å². The summed E-state index contributed by atoms with van der Waals surface area (Å²) in [5.74, 6) is 0.0639. The van der Waals surface area contributed by atoms with Crippen LogP contribution in [0.4, 0.5) is 0 Å². The minimum Gasteiger partial charge on any atom is -0.337 e. The van der Waals surface area contributed by atoms with Crippen LogP contribution in [0.3, 0.4) is 0 Å². The average molecular weight is 369 g/mol. The summed E-state index contributed by atoms with van der Waals surface area (Å²) in [6.45, 7) is 2.09. The van der Waals surface area contributed by atoms with Gasteiger partial charge in [0.25, 0.3) is 5.91 Å². The molecule has 26 heavy (non-hydrogen) atoms. The average Bonchev–Trinajstić information content (AvgIpc) is 3.11. The number of hydrogen-bond acceptors (Lipinski definition) is 2. The van der Waals surface area contributed by atoms with Crippen molar-refractivity contribution in [2.45, 2.75) is 37.8 Å². The second kappa shape index (κ2) is 7.42. The molecule has 1 amide bonds.